The number of nitrogens with one attached hydrogen (secondary N) is 1. The van der Waals surface area contributed by atoms with Gasteiger partial charge in [0.2, 0.25) is 0 Å². The van der Waals surface area contributed by atoms with Crippen molar-refractivity contribution >= 4 is 29.2 Å². The van der Waals surface area contributed by atoms with E-state index in [0.717, 1.165) is 0 Å². The highest BCUT2D eigenvalue weighted by molar-refractivity contribution is 6.42. The molecule has 0 spiro atoms. The van der Waals surface area contributed by atoms with Crippen LogP contribution in [-0.2, 0) is 0 Å². The Bertz CT molecular complexity index is 358. The lowest BCUT2D eigenvalue weighted by molar-refractivity contribution is 0.244. The number of amides is 2. The first kappa shape index (κ1) is 11.9. The number of halogens is 2. The molecule has 1 rings (SSSR count). The van der Waals surface area contributed by atoms with Gasteiger partial charge in [-0.05, 0) is 12.1 Å². The third kappa shape index (κ3) is 3.85. The molecule has 0 aliphatic rings. The summed E-state index contributed by atoms with van der Waals surface area (Å²) >= 11 is 11.6. The Kier molecular flexibility index (Phi) is 4.52. The number of hydrogen-bond acceptors (Lipinski definition) is 2. The van der Waals surface area contributed by atoms with Gasteiger partial charge in [0.05, 0.1) is 11.6 Å². The topological polar surface area (TPSA) is 64.4 Å². The van der Waals surface area contributed by atoms with Gasteiger partial charge in [-0.2, -0.15) is 0 Å². The van der Waals surface area contributed by atoms with Crippen molar-refractivity contribution in [2.24, 2.45) is 5.73 Å². The first-order chi connectivity index (χ1) is 7.11. The molecule has 6 heteroatoms. The molecular weight excluding hydrogens is 239 g/mol. The second-order valence-electron chi connectivity index (χ2n) is 2.69. The predicted octanol–water partition coefficient (Wildman–Crippen LogP) is 2.04. The molecule has 15 heavy (non-hydrogen) atoms. The van der Waals surface area contributed by atoms with Crippen molar-refractivity contribution in [1.82, 2.24) is 5.32 Å². The lowest BCUT2D eigenvalue weighted by atomic mass is 10.3. The zero-order valence-electron chi connectivity index (χ0n) is 7.80. The molecule has 4 nitrogen and oxygen atoms in total. The van der Waals surface area contributed by atoms with Gasteiger partial charge in [0.25, 0.3) is 0 Å². The van der Waals surface area contributed by atoms with Crippen LogP contribution in [0.2, 0.25) is 10.0 Å². The average Bonchev–Trinajstić information content (AvgIpc) is 2.18. The highest BCUT2D eigenvalue weighted by Crippen LogP contribution is 2.31. The molecule has 3 N–H and O–H groups in total. The summed E-state index contributed by atoms with van der Waals surface area (Å²) in [6, 6.07) is 4.50. The van der Waals surface area contributed by atoms with Gasteiger partial charge >= 0.3 is 6.03 Å². The Morgan fingerprint density at radius 1 is 1.47 bits per heavy atom. The Labute approximate surface area is 97.3 Å². The number of rotatable bonds is 4. The van der Waals surface area contributed by atoms with Gasteiger partial charge in [-0.25, -0.2) is 4.79 Å². The molecule has 2 amide bonds. The number of primary amides is 1. The van der Waals surface area contributed by atoms with Crippen LogP contribution < -0.4 is 15.8 Å². The molecule has 82 valence electrons. The number of hydrogen-bond donors (Lipinski definition) is 2. The maximum absolute atomic E-state index is 10.3. The number of carbonyl (C=O) groups is 1. The van der Waals surface area contributed by atoms with Crippen molar-refractivity contribution in [2.75, 3.05) is 13.2 Å². The maximum atomic E-state index is 10.3. The van der Waals surface area contributed by atoms with Crippen molar-refractivity contribution in [3.05, 3.63) is 28.2 Å². The Morgan fingerprint density at radius 3 is 2.87 bits per heavy atom. The van der Waals surface area contributed by atoms with Crippen LogP contribution in [0.1, 0.15) is 0 Å². The van der Waals surface area contributed by atoms with E-state index in [4.69, 9.17) is 33.7 Å². The van der Waals surface area contributed by atoms with E-state index in [1.807, 2.05) is 0 Å². The van der Waals surface area contributed by atoms with E-state index in [2.05, 4.69) is 5.32 Å². The van der Waals surface area contributed by atoms with Crippen molar-refractivity contribution < 1.29 is 9.53 Å². The summed E-state index contributed by atoms with van der Waals surface area (Å²) in [7, 11) is 0. The van der Waals surface area contributed by atoms with Gasteiger partial charge in [-0.1, -0.05) is 29.3 Å². The van der Waals surface area contributed by atoms with Gasteiger partial charge in [-0.15, -0.1) is 0 Å². The van der Waals surface area contributed by atoms with Crippen molar-refractivity contribution in [3.8, 4) is 5.75 Å². The molecule has 0 aromatic heterocycles. The molecule has 0 atom stereocenters. The summed E-state index contributed by atoms with van der Waals surface area (Å²) in [5.74, 6) is 0.482. The third-order valence-corrected chi connectivity index (χ3v) is 2.38. The molecule has 0 bridgehead atoms. The largest absolute Gasteiger partial charge is 0.490 e. The Morgan fingerprint density at radius 2 is 2.20 bits per heavy atom. The number of urea groups is 1. The number of carbonyl (C=O) groups excluding carboxylic acids is 1. The van der Waals surface area contributed by atoms with E-state index in [1.165, 1.54) is 0 Å². The molecule has 0 radical (unpaired) electrons. The van der Waals surface area contributed by atoms with Crippen molar-refractivity contribution in [2.45, 2.75) is 0 Å². The van der Waals surface area contributed by atoms with Crippen molar-refractivity contribution in [3.63, 3.8) is 0 Å². The minimum Gasteiger partial charge on any atom is -0.490 e. The fraction of sp³-hybridized carbons (Fsp3) is 0.222. The molecule has 0 saturated carbocycles. The van der Waals surface area contributed by atoms with E-state index in [1.54, 1.807) is 18.2 Å². The summed E-state index contributed by atoms with van der Waals surface area (Å²) in [5.41, 5.74) is 4.87. The predicted molar refractivity (Wildman–Crippen MR) is 59.5 cm³/mol. The van der Waals surface area contributed by atoms with E-state index < -0.39 is 6.03 Å². The minimum absolute atomic E-state index is 0.281. The summed E-state index contributed by atoms with van der Waals surface area (Å²) in [6.45, 7) is 0.598. The van der Waals surface area contributed by atoms with E-state index in [9.17, 15) is 4.79 Å². The van der Waals surface area contributed by atoms with Crippen LogP contribution in [-0.4, -0.2) is 19.2 Å². The molecular formula is C9H10Cl2N2O2. The van der Waals surface area contributed by atoms with Gasteiger partial charge in [0.1, 0.15) is 17.4 Å². The van der Waals surface area contributed by atoms with Crippen LogP contribution in [0.25, 0.3) is 0 Å². The van der Waals surface area contributed by atoms with Crippen LogP contribution in [0.15, 0.2) is 18.2 Å². The first-order valence-electron chi connectivity index (χ1n) is 4.21. The maximum Gasteiger partial charge on any atom is 0.312 e. The van der Waals surface area contributed by atoms with Crippen molar-refractivity contribution in [1.29, 1.82) is 0 Å². The standard InChI is InChI=1S/C9H10Cl2N2O2/c10-6-2-1-3-7(8(6)11)15-5-4-13-9(12)14/h1-3H,4-5H2,(H3,12,13,14). The van der Waals surface area contributed by atoms with E-state index in [0.29, 0.717) is 22.3 Å². The average molecular weight is 249 g/mol. The van der Waals surface area contributed by atoms with E-state index in [-0.39, 0.29) is 6.61 Å². The summed E-state index contributed by atoms with van der Waals surface area (Å²) in [5, 5.41) is 3.17. The molecule has 0 aliphatic heterocycles. The van der Waals surface area contributed by atoms with Gasteiger partial charge in [-0.3, -0.25) is 0 Å². The summed E-state index contributed by atoms with van der Waals surface area (Å²) in [4.78, 5) is 10.3. The molecule has 0 fully saturated rings. The number of benzene rings is 1. The fourth-order valence-corrected chi connectivity index (χ4v) is 1.28. The van der Waals surface area contributed by atoms with Gasteiger partial charge in [0, 0.05) is 0 Å². The highest BCUT2D eigenvalue weighted by atomic mass is 35.5. The zero-order chi connectivity index (χ0) is 11.3. The zero-order valence-corrected chi connectivity index (χ0v) is 9.31. The lowest BCUT2D eigenvalue weighted by Crippen LogP contribution is -2.32. The first-order valence-corrected chi connectivity index (χ1v) is 4.97. The number of nitrogens with two attached hydrogens (primary N) is 1. The second kappa shape index (κ2) is 5.68. The van der Waals surface area contributed by atoms with Crippen LogP contribution >= 0.6 is 23.2 Å². The fourth-order valence-electron chi connectivity index (χ4n) is 0.931. The summed E-state index contributed by atoms with van der Waals surface area (Å²) in [6.07, 6.45) is 0. The lowest BCUT2D eigenvalue weighted by Gasteiger charge is -2.08. The minimum atomic E-state index is -0.587. The van der Waals surface area contributed by atoms with Crippen LogP contribution in [0.5, 0.6) is 5.75 Å². The normalized spacial score (nSPS) is 9.73. The monoisotopic (exact) mass is 248 g/mol. The number of ether oxygens (including phenoxy) is 1. The smallest absolute Gasteiger partial charge is 0.312 e. The summed E-state index contributed by atoms with van der Waals surface area (Å²) < 4.78 is 5.28. The molecule has 0 aliphatic carbocycles. The molecule has 1 aromatic rings. The SMILES string of the molecule is NC(=O)NCCOc1cccc(Cl)c1Cl. The Hall–Kier alpha value is -1.13. The third-order valence-electron chi connectivity index (χ3n) is 1.58. The van der Waals surface area contributed by atoms with Gasteiger partial charge < -0.3 is 15.8 Å². The highest BCUT2D eigenvalue weighted by Gasteiger charge is 2.04. The molecule has 0 heterocycles. The molecule has 1 aromatic carbocycles. The Balaban J connectivity index is 2.44. The van der Waals surface area contributed by atoms with E-state index >= 15 is 0 Å². The molecule has 0 unspecified atom stereocenters. The quantitative estimate of drug-likeness (QED) is 0.802. The van der Waals surface area contributed by atoms with Crippen LogP contribution in [0.4, 0.5) is 4.79 Å². The van der Waals surface area contributed by atoms with Crippen LogP contribution in [0.3, 0.4) is 0 Å². The molecule has 0 saturated heterocycles. The van der Waals surface area contributed by atoms with Gasteiger partial charge in [0.15, 0.2) is 0 Å². The van der Waals surface area contributed by atoms with Crippen LogP contribution in [0, 0.1) is 0 Å². The second-order valence-corrected chi connectivity index (χ2v) is 3.48.